The van der Waals surface area contributed by atoms with E-state index in [2.05, 4.69) is 46.4 Å². The first-order valence-electron chi connectivity index (χ1n) is 11.0. The first kappa shape index (κ1) is 19.2. The van der Waals surface area contributed by atoms with Crippen LogP contribution in [0.4, 0.5) is 5.95 Å². The molecule has 0 amide bonds. The number of hydrazine groups is 1. The van der Waals surface area contributed by atoms with Crippen molar-refractivity contribution in [3.8, 4) is 11.1 Å². The lowest BCUT2D eigenvalue weighted by Crippen LogP contribution is -2.29. The summed E-state index contributed by atoms with van der Waals surface area (Å²) in [5.74, 6) is 2.62. The normalized spacial score (nSPS) is 21.5. The Morgan fingerprint density at radius 1 is 1.10 bits per heavy atom. The highest BCUT2D eigenvalue weighted by Crippen LogP contribution is 2.37. The maximum atomic E-state index is 13.1. The average Bonchev–Trinajstić information content (AvgIpc) is 3.33. The van der Waals surface area contributed by atoms with Crippen LogP contribution in [0.1, 0.15) is 44.6 Å². The number of fused-ring (bicyclic) bond motifs is 2. The van der Waals surface area contributed by atoms with Gasteiger partial charge >= 0.3 is 0 Å². The second-order valence-electron chi connectivity index (χ2n) is 9.14. The van der Waals surface area contributed by atoms with Gasteiger partial charge in [-0.1, -0.05) is 44.5 Å². The third kappa shape index (κ3) is 3.39. The Labute approximate surface area is 176 Å². The van der Waals surface area contributed by atoms with E-state index in [9.17, 15) is 4.79 Å². The highest BCUT2D eigenvalue weighted by atomic mass is 16.1. The fourth-order valence-corrected chi connectivity index (χ4v) is 5.02. The molecule has 2 atom stereocenters. The van der Waals surface area contributed by atoms with Crippen LogP contribution >= 0.6 is 0 Å². The number of benzene rings is 1. The molecule has 2 fully saturated rings. The highest BCUT2D eigenvalue weighted by molar-refractivity contribution is 5.81. The van der Waals surface area contributed by atoms with Crippen LogP contribution in [0.2, 0.25) is 0 Å². The van der Waals surface area contributed by atoms with Gasteiger partial charge in [0, 0.05) is 37.3 Å². The van der Waals surface area contributed by atoms with Gasteiger partial charge in [-0.2, -0.15) is 4.98 Å². The lowest BCUT2D eigenvalue weighted by Gasteiger charge is -2.18. The number of nitrogens with zero attached hydrogens (tertiary/aromatic N) is 4. The molecule has 3 heterocycles. The van der Waals surface area contributed by atoms with Gasteiger partial charge in [0.25, 0.3) is 5.56 Å². The van der Waals surface area contributed by atoms with Gasteiger partial charge in [-0.3, -0.25) is 14.8 Å². The minimum absolute atomic E-state index is 0.0415. The number of anilines is 1. The van der Waals surface area contributed by atoms with Crippen LogP contribution in [0.5, 0.6) is 0 Å². The van der Waals surface area contributed by atoms with Crippen molar-refractivity contribution in [2.45, 2.75) is 39.0 Å². The van der Waals surface area contributed by atoms with Gasteiger partial charge in [-0.15, -0.1) is 0 Å². The molecule has 1 saturated heterocycles. The van der Waals surface area contributed by atoms with Crippen molar-refractivity contribution >= 4 is 17.0 Å². The third-order valence-corrected chi connectivity index (χ3v) is 6.82. The number of hydrogen-bond acceptors (Lipinski definition) is 5. The second kappa shape index (κ2) is 7.51. The summed E-state index contributed by atoms with van der Waals surface area (Å²) in [5.41, 5.74) is 6.84. The summed E-state index contributed by atoms with van der Waals surface area (Å²) in [6, 6.07) is 10.2. The minimum Gasteiger partial charge on any atom is -0.295 e. The third-order valence-electron chi connectivity index (χ3n) is 6.82. The fraction of sp³-hybridized carbons (Fsp3) is 0.458. The number of rotatable bonds is 4. The molecule has 6 heteroatoms. The van der Waals surface area contributed by atoms with Gasteiger partial charge in [0.05, 0.1) is 0 Å². The Balaban J connectivity index is 1.44. The predicted molar refractivity (Wildman–Crippen MR) is 120 cm³/mol. The second-order valence-corrected chi connectivity index (χ2v) is 9.14. The van der Waals surface area contributed by atoms with Gasteiger partial charge in [-0.05, 0) is 47.8 Å². The summed E-state index contributed by atoms with van der Waals surface area (Å²) < 4.78 is 1.63. The van der Waals surface area contributed by atoms with E-state index in [1.807, 2.05) is 24.4 Å². The summed E-state index contributed by atoms with van der Waals surface area (Å²) in [6.07, 6.45) is 5.83. The van der Waals surface area contributed by atoms with E-state index in [-0.39, 0.29) is 5.56 Å². The number of aryl methyl sites for hydroxylation is 1. The van der Waals surface area contributed by atoms with E-state index in [0.29, 0.717) is 23.1 Å². The Morgan fingerprint density at radius 2 is 1.80 bits per heavy atom. The lowest BCUT2D eigenvalue weighted by atomic mass is 9.99. The molecule has 0 radical (unpaired) electrons. The molecule has 5 rings (SSSR count). The largest absolute Gasteiger partial charge is 0.295 e. The summed E-state index contributed by atoms with van der Waals surface area (Å²) in [6.45, 7) is 6.44. The number of hydrogen-bond donors (Lipinski definition) is 1. The number of aromatic nitrogens is 3. The monoisotopic (exact) mass is 403 g/mol. The van der Waals surface area contributed by atoms with Crippen molar-refractivity contribution in [3.05, 3.63) is 52.4 Å². The molecule has 0 spiro atoms. The zero-order valence-corrected chi connectivity index (χ0v) is 17.9. The highest BCUT2D eigenvalue weighted by Gasteiger charge is 2.36. The van der Waals surface area contributed by atoms with Crippen molar-refractivity contribution < 1.29 is 0 Å². The van der Waals surface area contributed by atoms with Gasteiger partial charge in [0.15, 0.2) is 0 Å². The van der Waals surface area contributed by atoms with Gasteiger partial charge in [0.2, 0.25) is 5.95 Å². The van der Waals surface area contributed by atoms with Crippen LogP contribution in [0.3, 0.4) is 0 Å². The molecule has 2 unspecified atom stereocenters. The molecular weight excluding hydrogens is 374 g/mol. The van der Waals surface area contributed by atoms with Crippen LogP contribution in [-0.4, -0.2) is 32.6 Å². The Hall–Kier alpha value is -2.73. The fourth-order valence-electron chi connectivity index (χ4n) is 5.02. The zero-order chi connectivity index (χ0) is 20.8. The van der Waals surface area contributed by atoms with Gasteiger partial charge in [-0.25, -0.2) is 9.99 Å². The topological polar surface area (TPSA) is 63.1 Å². The predicted octanol–water partition coefficient (Wildman–Crippen LogP) is 4.18. The molecule has 0 bridgehead atoms. The van der Waals surface area contributed by atoms with Crippen molar-refractivity contribution in [2.75, 3.05) is 18.5 Å². The minimum atomic E-state index is -0.0415. The van der Waals surface area contributed by atoms with Gasteiger partial charge in [0.1, 0.15) is 5.65 Å². The van der Waals surface area contributed by atoms with E-state index < -0.39 is 0 Å². The molecule has 1 aliphatic carbocycles. The van der Waals surface area contributed by atoms with E-state index >= 15 is 0 Å². The molecule has 6 nitrogen and oxygen atoms in total. The molecule has 1 N–H and O–H groups in total. The van der Waals surface area contributed by atoms with Crippen molar-refractivity contribution in [3.63, 3.8) is 0 Å². The smallest absolute Gasteiger partial charge is 0.259 e. The van der Waals surface area contributed by atoms with Crippen LogP contribution in [-0.2, 0) is 7.05 Å². The Morgan fingerprint density at radius 3 is 2.47 bits per heavy atom. The van der Waals surface area contributed by atoms with E-state index in [4.69, 9.17) is 0 Å². The van der Waals surface area contributed by atoms with Crippen molar-refractivity contribution in [1.29, 1.82) is 0 Å². The Bertz CT molecular complexity index is 1120. The molecule has 1 aromatic carbocycles. The molecule has 3 aromatic rings. The van der Waals surface area contributed by atoms with Crippen molar-refractivity contribution in [2.24, 2.45) is 18.9 Å². The van der Waals surface area contributed by atoms with Crippen LogP contribution in [0.15, 0.2) is 41.3 Å². The van der Waals surface area contributed by atoms with Crippen LogP contribution < -0.4 is 11.0 Å². The number of pyridine rings is 1. The summed E-state index contributed by atoms with van der Waals surface area (Å²) in [5, 5.41) is 3.10. The quantitative estimate of drug-likeness (QED) is 0.708. The summed E-state index contributed by atoms with van der Waals surface area (Å²) >= 11 is 0. The first-order chi connectivity index (χ1) is 14.5. The number of nitrogens with one attached hydrogen (secondary N) is 1. The van der Waals surface area contributed by atoms with E-state index in [1.165, 1.54) is 24.8 Å². The van der Waals surface area contributed by atoms with E-state index in [1.54, 1.807) is 11.6 Å². The summed E-state index contributed by atoms with van der Waals surface area (Å²) in [7, 11) is 1.79. The molecule has 2 aliphatic rings. The van der Waals surface area contributed by atoms with Gasteiger partial charge < -0.3 is 0 Å². The lowest BCUT2D eigenvalue weighted by molar-refractivity contribution is 0.369. The molecule has 1 aliphatic heterocycles. The van der Waals surface area contributed by atoms with Crippen LogP contribution in [0.25, 0.3) is 22.2 Å². The average molecular weight is 404 g/mol. The molecule has 156 valence electrons. The van der Waals surface area contributed by atoms with E-state index in [0.717, 1.165) is 35.9 Å². The molecule has 1 saturated carbocycles. The first-order valence-corrected chi connectivity index (χ1v) is 11.0. The van der Waals surface area contributed by atoms with Crippen LogP contribution in [0, 0.1) is 11.8 Å². The maximum absolute atomic E-state index is 13.1. The van der Waals surface area contributed by atoms with Crippen molar-refractivity contribution in [1.82, 2.24) is 19.5 Å². The Kier molecular flexibility index (Phi) is 4.82. The molecular formula is C24H29N5O. The molecule has 30 heavy (non-hydrogen) atoms. The maximum Gasteiger partial charge on any atom is 0.259 e. The molecule has 2 aromatic heterocycles. The summed E-state index contributed by atoms with van der Waals surface area (Å²) in [4.78, 5) is 22.3. The SMILES string of the molecule is CC(C)c1ccc(-c2cc3cnc(NN4CC5CCCC5C4)nc3n(C)c2=O)cc1. The zero-order valence-electron chi connectivity index (χ0n) is 17.9. The standard InChI is InChI=1S/C24H29N5O/c1-15(2)16-7-9-17(10-8-16)21-11-20-12-25-24(26-22(20)28(3)23(21)30)27-29-13-18-5-4-6-19(18)14-29/h7-12,15,18-19H,4-6,13-14H2,1-3H3,(H,25,26,27).